The van der Waals surface area contributed by atoms with Crippen LogP contribution in [0.4, 0.5) is 22.9 Å². The Hall–Kier alpha value is -8.25. The molecule has 0 unspecified atom stereocenters. The van der Waals surface area contributed by atoms with Crippen molar-refractivity contribution in [3.8, 4) is 78.6 Å². The Bertz CT molecular complexity index is 4180. The van der Waals surface area contributed by atoms with Gasteiger partial charge < -0.3 is 0 Å². The summed E-state index contributed by atoms with van der Waals surface area (Å²) in [4.78, 5) is 9.79. The van der Waals surface area contributed by atoms with Crippen molar-refractivity contribution in [3.05, 3.63) is 234 Å². The summed E-state index contributed by atoms with van der Waals surface area (Å²) in [6.45, 7) is -2.63. The van der Waals surface area contributed by atoms with Crippen molar-refractivity contribution in [2.24, 2.45) is 0 Å². The minimum absolute atomic E-state index is 0.0321. The second kappa shape index (κ2) is 15.7. The summed E-state index contributed by atoms with van der Waals surface area (Å²) in [7, 11) is 0. The summed E-state index contributed by atoms with van der Waals surface area (Å²) in [6, 6.07) is 71.1. The van der Waals surface area contributed by atoms with Gasteiger partial charge in [0.1, 0.15) is 0 Å². The molecule has 3 aliphatic rings. The van der Waals surface area contributed by atoms with E-state index in [1.54, 1.807) is 0 Å². The van der Waals surface area contributed by atoms with Crippen LogP contribution >= 0.6 is 0 Å². The van der Waals surface area contributed by atoms with Gasteiger partial charge in [0.25, 0.3) is 0 Å². The van der Waals surface area contributed by atoms with Crippen LogP contribution in [0.2, 0.25) is 0 Å². The number of anilines is 4. The molecule has 0 saturated heterocycles. The molecule has 0 radical (unpaired) electrons. The molecule has 3 aliphatic heterocycles. The van der Waals surface area contributed by atoms with E-state index in [2.05, 4.69) is 141 Å². The van der Waals surface area contributed by atoms with Gasteiger partial charge in [0.05, 0.1) is 0 Å². The van der Waals surface area contributed by atoms with Gasteiger partial charge in [-0.3, -0.25) is 0 Å². The fourth-order valence-corrected chi connectivity index (χ4v) is 11.8. The molecule has 0 atom stereocenters. The molecule has 0 bridgehead atoms. The number of hydrogen-bond donors (Lipinski definition) is 0. The molecule has 0 saturated carbocycles. The Morgan fingerprint density at radius 2 is 1.06 bits per heavy atom. The molecular formula is C61H40BN5OPt. The first-order chi connectivity index (χ1) is 36.1. The normalized spacial score (nSPS) is 13.9. The number of pyridine rings is 1. The Balaban J connectivity index is 0.923. The molecule has 5 heterocycles. The molecule has 2 aromatic heterocycles. The number of hydrogen-bond acceptors (Lipinski definition) is 4. The van der Waals surface area contributed by atoms with E-state index in [9.17, 15) is 2.74 Å². The van der Waals surface area contributed by atoms with Gasteiger partial charge in [0.2, 0.25) is 0 Å². The summed E-state index contributed by atoms with van der Waals surface area (Å²) >= 11 is 2.38. The number of nitrogens with zero attached hydrogens (tertiary/aromatic N) is 5. The average molecular weight is 1070 g/mol. The second-order valence-corrected chi connectivity index (χ2v) is 18.5. The van der Waals surface area contributed by atoms with Gasteiger partial charge >= 0.3 is 349 Å². The Morgan fingerprint density at radius 3 is 1.80 bits per heavy atom. The zero-order valence-electron chi connectivity index (χ0n) is 41.7. The van der Waals surface area contributed by atoms with Gasteiger partial charge in [0.15, 0.2) is 0 Å². The quantitative estimate of drug-likeness (QED) is 0.149. The summed E-state index contributed by atoms with van der Waals surface area (Å²) in [5, 5.41) is 0. The zero-order chi connectivity index (χ0) is 50.0. The molecule has 0 N–H and O–H groups in total. The maximum absolute atomic E-state index is 9.68. The molecule has 0 aliphatic carbocycles. The Morgan fingerprint density at radius 1 is 0.493 bits per heavy atom. The molecule has 0 spiro atoms. The van der Waals surface area contributed by atoms with Crippen molar-refractivity contribution in [1.29, 1.82) is 0 Å². The van der Waals surface area contributed by atoms with E-state index in [1.807, 2.05) is 109 Å². The molecule has 11 aromatic rings. The van der Waals surface area contributed by atoms with Crippen LogP contribution in [-0.2, 0) is 19.4 Å². The summed E-state index contributed by atoms with van der Waals surface area (Å²) in [5.74, 6) is 1.05. The van der Waals surface area contributed by atoms with Crippen LogP contribution < -0.4 is 19.8 Å². The van der Waals surface area contributed by atoms with E-state index in [0.29, 0.717) is 17.1 Å². The number of rotatable bonds is 7. The molecule has 9 aromatic carbocycles. The number of aryl methyl sites for hydroxylation is 1. The first kappa shape index (κ1) is 35.0. The van der Waals surface area contributed by atoms with Crippen LogP contribution in [0.5, 0.6) is 11.6 Å². The molecular weight excluding hydrogens is 1020 g/mol. The van der Waals surface area contributed by atoms with Crippen molar-refractivity contribution in [1.82, 2.24) is 14.1 Å². The molecule has 0 fully saturated rings. The molecule has 0 amide bonds. The van der Waals surface area contributed by atoms with E-state index in [4.69, 9.17) is 13.8 Å². The van der Waals surface area contributed by atoms with Crippen LogP contribution in [0.25, 0.3) is 78.0 Å². The number of para-hydroxylation sites is 5. The third-order valence-corrected chi connectivity index (χ3v) is 14.7. The Kier molecular flexibility index (Phi) is 7.94. The average Bonchev–Trinajstić information content (AvgIpc) is 3.95. The van der Waals surface area contributed by atoms with Crippen molar-refractivity contribution in [3.63, 3.8) is 0 Å². The van der Waals surface area contributed by atoms with Gasteiger partial charge in [-0.2, -0.15) is 0 Å². The van der Waals surface area contributed by atoms with E-state index in [0.717, 1.165) is 98.8 Å². The van der Waals surface area contributed by atoms with Crippen LogP contribution in [0.1, 0.15) is 12.4 Å². The third-order valence-electron chi connectivity index (χ3n) is 13.6. The van der Waals surface area contributed by atoms with Gasteiger partial charge in [-0.15, -0.1) is 0 Å². The number of benzene rings is 9. The van der Waals surface area contributed by atoms with Crippen molar-refractivity contribution in [2.75, 3.05) is 9.62 Å². The topological polar surface area (TPSA) is 38.5 Å². The molecule has 69 heavy (non-hydrogen) atoms. The maximum atomic E-state index is 9.68. The second-order valence-electron chi connectivity index (χ2n) is 17.5. The number of imidazole rings is 1. The predicted octanol–water partition coefficient (Wildman–Crippen LogP) is 14.6. The molecule has 14 rings (SSSR count). The fourth-order valence-electron chi connectivity index (χ4n) is 10.7. The number of aromatic nitrogens is 3. The third kappa shape index (κ3) is 6.17. The monoisotopic (exact) mass is 1070 g/mol. The van der Waals surface area contributed by atoms with Crippen molar-refractivity contribution in [2.45, 2.75) is 6.85 Å². The molecule has 6 nitrogen and oxygen atoms in total. The zero-order valence-corrected chi connectivity index (χ0v) is 39.0. The van der Waals surface area contributed by atoms with Crippen LogP contribution in [-0.4, -0.2) is 21.1 Å². The van der Waals surface area contributed by atoms with Crippen LogP contribution in [0, 0.1) is 10.7 Å². The van der Waals surface area contributed by atoms with Gasteiger partial charge in [0, 0.05) is 11.3 Å². The van der Waals surface area contributed by atoms with Crippen molar-refractivity contribution >= 4 is 46.4 Å². The molecule has 328 valence electrons. The summed E-state index contributed by atoms with van der Waals surface area (Å²) < 4.78 is 57.1. The first-order valence-corrected chi connectivity index (χ1v) is 24.0. The summed E-state index contributed by atoms with van der Waals surface area (Å²) in [5.41, 5.74) is 17.1. The van der Waals surface area contributed by atoms with E-state index < -0.39 is 6.85 Å². The van der Waals surface area contributed by atoms with Gasteiger partial charge in [-0.1, -0.05) is 42.5 Å². The standard InChI is InChI=1S/C61H40BN5O.Pt/c1-40-36-51(43-18-6-3-7-19-43)60(52(37-40)44-32-30-42(31-33-44)41-16-4-2-5-17-41)65-39-64(54-26-10-11-27-55(54)65)45-20-14-21-46(38-45)68-58-35-34-50-49-24-15-23-48-47-22-8-9-25-53(47)66-56-28-12-13-29-57(56)67(61(50)63-58)62(66)59(48)49;/h2-38H,1H3;/i1D3,34D,35D;. The van der Waals surface area contributed by atoms with E-state index >= 15 is 0 Å². The number of ether oxygens (including phenoxy) is 1. The van der Waals surface area contributed by atoms with Crippen LogP contribution in [0.3, 0.4) is 0 Å². The van der Waals surface area contributed by atoms with E-state index in [-0.39, 0.29) is 30.5 Å². The van der Waals surface area contributed by atoms with E-state index in [1.165, 1.54) is 0 Å². The summed E-state index contributed by atoms with van der Waals surface area (Å²) in [6.07, 6.45) is 0. The van der Waals surface area contributed by atoms with Crippen LogP contribution in [0.15, 0.2) is 224 Å². The first-order valence-electron chi connectivity index (χ1n) is 25.4. The molecule has 8 heteroatoms. The van der Waals surface area contributed by atoms with Gasteiger partial charge in [-0.25, -0.2) is 0 Å². The number of fused-ring (bicyclic) bond motifs is 10. The van der Waals surface area contributed by atoms with Crippen molar-refractivity contribution < 1.29 is 30.9 Å². The van der Waals surface area contributed by atoms with Gasteiger partial charge in [-0.05, 0) is 17.7 Å². The Labute approximate surface area is 418 Å². The SMILES string of the molecule is [2H]c1c(Oc2cccc(-n3[c](=[Pt])n(-c4c(-c5ccccc5)cc(C([2H])([2H])[2H])cc4-c4ccc(-c5ccccc5)cc4)c4ccccc43)c2)nc2c(c1[2H])-c1cccc3c1B1N(c4ccccc4-3)c3ccccc3N12. The fraction of sp³-hybridized carbons (Fsp3) is 0.0164. The predicted molar refractivity (Wildman–Crippen MR) is 278 cm³/mol. The minimum atomic E-state index is -2.38.